The third-order valence-electron chi connectivity index (χ3n) is 4.83. The lowest BCUT2D eigenvalue weighted by molar-refractivity contribution is -0.937. The van der Waals surface area contributed by atoms with Gasteiger partial charge in [-0.05, 0) is 32.9 Å². The summed E-state index contributed by atoms with van der Waals surface area (Å²) in [5, 5.41) is 0. The molecule has 22 heavy (non-hydrogen) atoms. The van der Waals surface area contributed by atoms with Crippen molar-refractivity contribution in [2.45, 2.75) is 39.4 Å². The van der Waals surface area contributed by atoms with E-state index >= 15 is 0 Å². The van der Waals surface area contributed by atoms with Crippen LogP contribution in [0.5, 0.6) is 0 Å². The summed E-state index contributed by atoms with van der Waals surface area (Å²) in [5.74, 6) is 0. The molecule has 0 bridgehead atoms. The molecule has 0 heterocycles. The second-order valence-corrected chi connectivity index (χ2v) is 9.57. The Labute approximate surface area is 143 Å². The summed E-state index contributed by atoms with van der Waals surface area (Å²) in [5.41, 5.74) is 1.43. The molecule has 0 aliphatic rings. The first-order chi connectivity index (χ1) is 10.0. The van der Waals surface area contributed by atoms with Gasteiger partial charge in [0.2, 0.25) is 0 Å². The molecule has 0 saturated carbocycles. The van der Waals surface area contributed by atoms with E-state index in [1.807, 2.05) is 0 Å². The minimum Gasteiger partial charge on any atom is -1.00 e. The van der Waals surface area contributed by atoms with Crippen LogP contribution in [0.15, 0.2) is 30.3 Å². The fraction of sp³-hybridized carbons (Fsp3) is 0.647. The quantitative estimate of drug-likeness (QED) is 0.461. The molecule has 0 radical (unpaired) electrons. The van der Waals surface area contributed by atoms with Gasteiger partial charge in [-0.15, -0.1) is 0 Å². The Bertz CT molecular complexity index is 395. The molecule has 0 N–H and O–H groups in total. The molecular formula is C17H32ClNO2Si. The predicted octanol–water partition coefficient (Wildman–Crippen LogP) is 0.802. The van der Waals surface area contributed by atoms with Crippen LogP contribution in [0, 0.1) is 0 Å². The Kier molecular flexibility index (Phi) is 10.2. The van der Waals surface area contributed by atoms with Gasteiger partial charge in [-0.1, -0.05) is 30.3 Å². The summed E-state index contributed by atoms with van der Waals surface area (Å²) in [6, 6.07) is 11.9. The maximum absolute atomic E-state index is 5.60. The van der Waals surface area contributed by atoms with Crippen molar-refractivity contribution in [1.82, 2.24) is 0 Å². The summed E-state index contributed by atoms with van der Waals surface area (Å²) >= 11 is 0. The SMILES string of the molecule is CC[N+](CC)(CCC[Si](C)(OC)OC)Cc1ccccc1.[Cl-]. The molecule has 1 aromatic carbocycles. The second-order valence-electron chi connectivity index (χ2n) is 5.99. The van der Waals surface area contributed by atoms with Crippen molar-refractivity contribution in [2.75, 3.05) is 33.9 Å². The molecule has 0 spiro atoms. The first-order valence-corrected chi connectivity index (χ1v) is 10.5. The van der Waals surface area contributed by atoms with Gasteiger partial charge in [-0.25, -0.2) is 0 Å². The highest BCUT2D eigenvalue weighted by Crippen LogP contribution is 2.20. The van der Waals surface area contributed by atoms with Crippen LogP contribution < -0.4 is 12.4 Å². The minimum atomic E-state index is -1.92. The Morgan fingerprint density at radius 1 is 1.00 bits per heavy atom. The summed E-state index contributed by atoms with van der Waals surface area (Å²) < 4.78 is 12.3. The minimum absolute atomic E-state index is 0. The van der Waals surface area contributed by atoms with Gasteiger partial charge in [-0.2, -0.15) is 0 Å². The van der Waals surface area contributed by atoms with E-state index in [-0.39, 0.29) is 12.4 Å². The normalized spacial score (nSPS) is 12.0. The van der Waals surface area contributed by atoms with E-state index in [9.17, 15) is 0 Å². The zero-order valence-corrected chi connectivity index (χ0v) is 16.5. The molecule has 0 aromatic heterocycles. The highest BCUT2D eigenvalue weighted by Gasteiger charge is 2.31. The van der Waals surface area contributed by atoms with Crippen molar-refractivity contribution in [3.05, 3.63) is 35.9 Å². The molecule has 0 unspecified atom stereocenters. The third kappa shape index (κ3) is 6.38. The summed E-state index contributed by atoms with van der Waals surface area (Å²) in [7, 11) is 1.63. The summed E-state index contributed by atoms with van der Waals surface area (Å²) in [6.45, 7) is 11.4. The molecule has 5 heteroatoms. The zero-order valence-electron chi connectivity index (χ0n) is 14.8. The Balaban J connectivity index is 0.00000441. The lowest BCUT2D eigenvalue weighted by atomic mass is 10.1. The average molecular weight is 346 g/mol. The van der Waals surface area contributed by atoms with Crippen LogP contribution >= 0.6 is 0 Å². The molecule has 0 amide bonds. The number of benzene rings is 1. The van der Waals surface area contributed by atoms with Crippen molar-refractivity contribution in [3.8, 4) is 0 Å². The number of quaternary nitrogens is 1. The highest BCUT2D eigenvalue weighted by molar-refractivity contribution is 6.65. The van der Waals surface area contributed by atoms with E-state index in [0.29, 0.717) is 0 Å². The molecule has 0 saturated heterocycles. The van der Waals surface area contributed by atoms with Crippen LogP contribution in [0.2, 0.25) is 12.6 Å². The van der Waals surface area contributed by atoms with E-state index < -0.39 is 8.56 Å². The zero-order chi connectivity index (χ0) is 15.8. The van der Waals surface area contributed by atoms with Gasteiger partial charge in [0.05, 0.1) is 19.6 Å². The van der Waals surface area contributed by atoms with Crippen LogP contribution in [0.25, 0.3) is 0 Å². The van der Waals surface area contributed by atoms with Crippen molar-refractivity contribution in [2.24, 2.45) is 0 Å². The van der Waals surface area contributed by atoms with Crippen molar-refractivity contribution in [3.63, 3.8) is 0 Å². The standard InChI is InChI=1S/C17H32NO2Si.ClH/c1-6-18(7-2,16-17-12-9-8-10-13-17)14-11-15-21(5,19-3)20-4;/h8-10,12-13H,6-7,11,14-16H2,1-5H3;1H/q+1;/p-1. The number of nitrogens with zero attached hydrogens (tertiary/aromatic N) is 1. The molecule has 0 atom stereocenters. The second kappa shape index (κ2) is 10.4. The number of halogens is 1. The van der Waals surface area contributed by atoms with Crippen LogP contribution in [0.1, 0.15) is 25.8 Å². The van der Waals surface area contributed by atoms with Gasteiger partial charge in [-0.3, -0.25) is 0 Å². The Morgan fingerprint density at radius 3 is 2.00 bits per heavy atom. The molecule has 1 aromatic rings. The van der Waals surface area contributed by atoms with E-state index in [0.717, 1.165) is 17.1 Å². The lowest BCUT2D eigenvalue weighted by Gasteiger charge is -2.37. The fourth-order valence-corrected chi connectivity index (χ4v) is 4.21. The topological polar surface area (TPSA) is 18.5 Å². The van der Waals surface area contributed by atoms with Gasteiger partial charge in [0, 0.05) is 19.8 Å². The van der Waals surface area contributed by atoms with Crippen LogP contribution in [0.4, 0.5) is 0 Å². The molecule has 128 valence electrons. The first-order valence-electron chi connectivity index (χ1n) is 8.02. The smallest absolute Gasteiger partial charge is 0.334 e. The predicted molar refractivity (Wildman–Crippen MR) is 91.4 cm³/mol. The van der Waals surface area contributed by atoms with Crippen LogP contribution in [-0.2, 0) is 15.4 Å². The van der Waals surface area contributed by atoms with Gasteiger partial charge >= 0.3 is 8.56 Å². The molecule has 0 aliphatic carbocycles. The first kappa shape index (κ1) is 21.6. The lowest BCUT2D eigenvalue weighted by Crippen LogP contribution is -3.00. The Morgan fingerprint density at radius 2 is 1.55 bits per heavy atom. The van der Waals surface area contributed by atoms with E-state index in [1.165, 1.54) is 31.6 Å². The fourth-order valence-electron chi connectivity index (χ4n) is 2.84. The summed E-state index contributed by atoms with van der Waals surface area (Å²) in [6.07, 6.45) is 1.17. The largest absolute Gasteiger partial charge is 1.00 e. The number of rotatable bonds is 10. The highest BCUT2D eigenvalue weighted by atomic mass is 35.5. The molecule has 0 fully saturated rings. The van der Waals surface area contributed by atoms with Crippen molar-refractivity contribution in [1.29, 1.82) is 0 Å². The molecule has 1 rings (SSSR count). The van der Waals surface area contributed by atoms with Crippen molar-refractivity contribution < 1.29 is 25.7 Å². The average Bonchev–Trinajstić information content (AvgIpc) is 2.54. The van der Waals surface area contributed by atoms with E-state index in [2.05, 4.69) is 50.7 Å². The summed E-state index contributed by atoms with van der Waals surface area (Å²) in [4.78, 5) is 0. The third-order valence-corrected chi connectivity index (χ3v) is 7.82. The van der Waals surface area contributed by atoms with Gasteiger partial charge in [0.25, 0.3) is 0 Å². The Hall–Kier alpha value is -0.393. The van der Waals surface area contributed by atoms with Gasteiger partial charge < -0.3 is 25.7 Å². The molecule has 0 aliphatic heterocycles. The maximum Gasteiger partial charge on any atom is 0.334 e. The monoisotopic (exact) mass is 345 g/mol. The van der Waals surface area contributed by atoms with Crippen LogP contribution in [-0.4, -0.2) is 46.9 Å². The maximum atomic E-state index is 5.60. The van der Waals surface area contributed by atoms with Crippen LogP contribution in [0.3, 0.4) is 0 Å². The van der Waals surface area contributed by atoms with E-state index in [1.54, 1.807) is 14.2 Å². The number of hydrogen-bond donors (Lipinski definition) is 0. The van der Waals surface area contributed by atoms with E-state index in [4.69, 9.17) is 8.85 Å². The van der Waals surface area contributed by atoms with Crippen molar-refractivity contribution >= 4 is 8.56 Å². The number of hydrogen-bond acceptors (Lipinski definition) is 2. The van der Waals surface area contributed by atoms with Gasteiger partial charge in [0.15, 0.2) is 0 Å². The van der Waals surface area contributed by atoms with Gasteiger partial charge in [0.1, 0.15) is 6.54 Å². The molecular weight excluding hydrogens is 314 g/mol. The molecule has 3 nitrogen and oxygen atoms in total.